The number of hydrogen-bond donors (Lipinski definition) is 0. The SMILES string of the molecule is CN(C)C(=O)[C@@]1(Cc2ccccc2-c2cccnc2)CCCN(C(=O)C2CC2)C1. The van der Waals surface area contributed by atoms with Crippen LogP contribution in [-0.2, 0) is 16.0 Å². The average Bonchev–Trinajstić information content (AvgIpc) is 3.59. The average molecular weight is 392 g/mol. The summed E-state index contributed by atoms with van der Waals surface area (Å²) in [6.45, 7) is 1.28. The van der Waals surface area contributed by atoms with Crippen molar-refractivity contribution in [1.29, 1.82) is 0 Å². The van der Waals surface area contributed by atoms with Crippen molar-refractivity contribution in [2.45, 2.75) is 32.1 Å². The van der Waals surface area contributed by atoms with E-state index in [4.69, 9.17) is 0 Å². The van der Waals surface area contributed by atoms with E-state index in [0.717, 1.165) is 48.9 Å². The molecular formula is C24H29N3O2. The predicted molar refractivity (Wildman–Crippen MR) is 113 cm³/mol. The number of pyridine rings is 1. The summed E-state index contributed by atoms with van der Waals surface area (Å²) in [6.07, 6.45) is 7.92. The van der Waals surface area contributed by atoms with Crippen LogP contribution in [0.4, 0.5) is 0 Å². The molecule has 5 heteroatoms. The number of carbonyl (C=O) groups is 2. The number of hydrogen-bond acceptors (Lipinski definition) is 3. The highest BCUT2D eigenvalue weighted by Gasteiger charge is 2.46. The molecule has 152 valence electrons. The lowest BCUT2D eigenvalue weighted by molar-refractivity contribution is -0.147. The Bertz CT molecular complexity index is 892. The monoisotopic (exact) mass is 391 g/mol. The topological polar surface area (TPSA) is 53.5 Å². The van der Waals surface area contributed by atoms with Gasteiger partial charge in [-0.25, -0.2) is 0 Å². The zero-order chi connectivity index (χ0) is 20.4. The minimum Gasteiger partial charge on any atom is -0.348 e. The predicted octanol–water partition coefficient (Wildman–Crippen LogP) is 3.40. The van der Waals surface area contributed by atoms with Gasteiger partial charge in [0.15, 0.2) is 0 Å². The molecule has 0 unspecified atom stereocenters. The Morgan fingerprint density at radius 3 is 2.66 bits per heavy atom. The Labute approximate surface area is 172 Å². The second-order valence-corrected chi connectivity index (χ2v) is 8.69. The summed E-state index contributed by atoms with van der Waals surface area (Å²) in [7, 11) is 3.64. The van der Waals surface area contributed by atoms with Crippen molar-refractivity contribution in [3.8, 4) is 11.1 Å². The first-order chi connectivity index (χ1) is 14.0. The maximum Gasteiger partial charge on any atom is 0.230 e. The molecule has 4 rings (SSSR count). The smallest absolute Gasteiger partial charge is 0.230 e. The Hall–Kier alpha value is -2.69. The van der Waals surface area contributed by atoms with Crippen LogP contribution in [0.3, 0.4) is 0 Å². The Kier molecular flexibility index (Phi) is 5.39. The molecule has 5 nitrogen and oxygen atoms in total. The molecule has 2 fully saturated rings. The number of likely N-dealkylation sites (tertiary alicyclic amines) is 1. The van der Waals surface area contributed by atoms with Crippen LogP contribution < -0.4 is 0 Å². The zero-order valence-electron chi connectivity index (χ0n) is 17.3. The second kappa shape index (κ2) is 7.97. The van der Waals surface area contributed by atoms with Crippen molar-refractivity contribution in [3.05, 3.63) is 54.4 Å². The van der Waals surface area contributed by atoms with E-state index in [0.29, 0.717) is 13.0 Å². The van der Waals surface area contributed by atoms with E-state index in [1.807, 2.05) is 43.4 Å². The summed E-state index contributed by atoms with van der Waals surface area (Å²) in [4.78, 5) is 34.1. The minimum absolute atomic E-state index is 0.117. The van der Waals surface area contributed by atoms with Gasteiger partial charge in [0, 0.05) is 51.1 Å². The molecule has 1 aromatic carbocycles. The number of aromatic nitrogens is 1. The summed E-state index contributed by atoms with van der Waals surface area (Å²) in [6, 6.07) is 12.2. The van der Waals surface area contributed by atoms with E-state index < -0.39 is 5.41 Å². The molecule has 2 aliphatic rings. The van der Waals surface area contributed by atoms with Gasteiger partial charge in [0.25, 0.3) is 0 Å². The second-order valence-electron chi connectivity index (χ2n) is 8.69. The largest absolute Gasteiger partial charge is 0.348 e. The van der Waals surface area contributed by atoms with E-state index in [2.05, 4.69) is 23.2 Å². The molecule has 29 heavy (non-hydrogen) atoms. The molecule has 0 N–H and O–H groups in total. The van der Waals surface area contributed by atoms with Crippen molar-refractivity contribution in [1.82, 2.24) is 14.8 Å². The van der Waals surface area contributed by atoms with E-state index in [9.17, 15) is 9.59 Å². The summed E-state index contributed by atoms with van der Waals surface area (Å²) in [5.41, 5.74) is 2.72. The number of amides is 2. The maximum atomic E-state index is 13.4. The van der Waals surface area contributed by atoms with E-state index in [-0.39, 0.29) is 17.7 Å². The highest BCUT2D eigenvalue weighted by molar-refractivity contribution is 5.86. The molecule has 0 spiro atoms. The van der Waals surface area contributed by atoms with Gasteiger partial charge in [0.2, 0.25) is 11.8 Å². The lowest BCUT2D eigenvalue weighted by atomic mass is 9.73. The zero-order valence-corrected chi connectivity index (χ0v) is 17.3. The van der Waals surface area contributed by atoms with Gasteiger partial charge in [0.1, 0.15) is 0 Å². The highest BCUT2D eigenvalue weighted by atomic mass is 16.2. The first-order valence-corrected chi connectivity index (χ1v) is 10.5. The molecule has 1 aliphatic heterocycles. The first-order valence-electron chi connectivity index (χ1n) is 10.5. The molecule has 1 saturated heterocycles. The van der Waals surface area contributed by atoms with Gasteiger partial charge in [-0.15, -0.1) is 0 Å². The van der Waals surface area contributed by atoms with E-state index in [1.165, 1.54) is 0 Å². The van der Waals surface area contributed by atoms with Gasteiger partial charge < -0.3 is 9.80 Å². The molecule has 1 atom stereocenters. The van der Waals surface area contributed by atoms with Crippen LogP contribution in [0.15, 0.2) is 48.8 Å². The van der Waals surface area contributed by atoms with Crippen LogP contribution in [-0.4, -0.2) is 53.8 Å². The number of benzene rings is 1. The van der Waals surface area contributed by atoms with Gasteiger partial charge in [-0.05, 0) is 49.3 Å². The highest BCUT2D eigenvalue weighted by Crippen LogP contribution is 2.40. The van der Waals surface area contributed by atoms with Gasteiger partial charge in [-0.1, -0.05) is 30.3 Å². The van der Waals surface area contributed by atoms with Crippen LogP contribution in [0.5, 0.6) is 0 Å². The summed E-state index contributed by atoms with van der Waals surface area (Å²) < 4.78 is 0. The fourth-order valence-electron chi connectivity index (χ4n) is 4.62. The van der Waals surface area contributed by atoms with Crippen molar-refractivity contribution < 1.29 is 9.59 Å². The Morgan fingerprint density at radius 1 is 1.17 bits per heavy atom. The number of nitrogens with zero attached hydrogens (tertiary/aromatic N) is 3. The van der Waals surface area contributed by atoms with Crippen molar-refractivity contribution >= 4 is 11.8 Å². The fourth-order valence-corrected chi connectivity index (χ4v) is 4.62. The Balaban J connectivity index is 1.69. The van der Waals surface area contributed by atoms with Gasteiger partial charge in [-0.3, -0.25) is 14.6 Å². The van der Waals surface area contributed by atoms with Crippen LogP contribution in [0.25, 0.3) is 11.1 Å². The molecule has 2 aromatic rings. The maximum absolute atomic E-state index is 13.4. The van der Waals surface area contributed by atoms with Crippen molar-refractivity contribution in [2.75, 3.05) is 27.2 Å². The molecule has 0 radical (unpaired) electrons. The lowest BCUT2D eigenvalue weighted by Crippen LogP contribution is -2.54. The third-order valence-corrected chi connectivity index (χ3v) is 6.19. The number of rotatable bonds is 5. The summed E-state index contributed by atoms with van der Waals surface area (Å²) in [5.74, 6) is 0.538. The van der Waals surface area contributed by atoms with Crippen molar-refractivity contribution in [2.24, 2.45) is 11.3 Å². The molecule has 1 aromatic heterocycles. The van der Waals surface area contributed by atoms with Crippen molar-refractivity contribution in [3.63, 3.8) is 0 Å². The van der Waals surface area contributed by atoms with Crippen LogP contribution >= 0.6 is 0 Å². The normalized spacial score (nSPS) is 21.7. The summed E-state index contributed by atoms with van der Waals surface area (Å²) >= 11 is 0. The lowest BCUT2D eigenvalue weighted by Gasteiger charge is -2.43. The van der Waals surface area contributed by atoms with E-state index in [1.54, 1.807) is 11.1 Å². The molecule has 0 bridgehead atoms. The van der Waals surface area contributed by atoms with Crippen LogP contribution in [0.2, 0.25) is 0 Å². The summed E-state index contributed by atoms with van der Waals surface area (Å²) in [5, 5.41) is 0. The standard InChI is InChI=1S/C24H29N3O2/c1-26(2)23(29)24(12-6-14-27(17-24)22(28)18-10-11-18)15-19-7-3-4-9-21(19)20-8-5-13-25-16-20/h3-5,7-9,13,16,18H,6,10-12,14-15,17H2,1-2H3/t24-/m1/s1. The quantitative estimate of drug-likeness (QED) is 0.785. The fraction of sp³-hybridized carbons (Fsp3) is 0.458. The van der Waals surface area contributed by atoms with Gasteiger partial charge in [-0.2, -0.15) is 0 Å². The van der Waals surface area contributed by atoms with Crippen LogP contribution in [0.1, 0.15) is 31.2 Å². The number of carbonyl (C=O) groups excluding carboxylic acids is 2. The van der Waals surface area contributed by atoms with Crippen LogP contribution in [0, 0.1) is 11.3 Å². The van der Waals surface area contributed by atoms with Gasteiger partial charge in [0.05, 0.1) is 5.41 Å². The first kappa shape index (κ1) is 19.6. The molecule has 1 aliphatic carbocycles. The minimum atomic E-state index is -0.579. The third-order valence-electron chi connectivity index (χ3n) is 6.19. The number of piperidine rings is 1. The van der Waals surface area contributed by atoms with E-state index >= 15 is 0 Å². The molecular weight excluding hydrogens is 362 g/mol. The molecule has 1 saturated carbocycles. The molecule has 2 amide bonds. The Morgan fingerprint density at radius 2 is 1.97 bits per heavy atom. The molecule has 2 heterocycles. The third kappa shape index (κ3) is 4.04. The van der Waals surface area contributed by atoms with Gasteiger partial charge >= 0.3 is 0 Å².